The number of esters is 1. The van der Waals surface area contributed by atoms with Gasteiger partial charge in [0.2, 0.25) is 5.75 Å². The fraction of sp³-hybridized carbons (Fsp3) is 0.0588. The number of hydrogen-bond acceptors (Lipinski definition) is 6. The minimum Gasteiger partial charge on any atom is -0.496 e. The van der Waals surface area contributed by atoms with Crippen LogP contribution in [-0.4, -0.2) is 23.0 Å². The normalized spacial score (nSPS) is 10.4. The SMILES string of the molecule is COc1ccccc1C(=O)Oc1c([N+](=O)[O-])ccc2cccnc12. The van der Waals surface area contributed by atoms with Gasteiger partial charge in [0.05, 0.1) is 12.0 Å². The van der Waals surface area contributed by atoms with Crippen LogP contribution >= 0.6 is 0 Å². The van der Waals surface area contributed by atoms with Gasteiger partial charge >= 0.3 is 11.7 Å². The number of nitro benzene ring substituents is 1. The Balaban J connectivity index is 2.10. The van der Waals surface area contributed by atoms with Gasteiger partial charge in [0.25, 0.3) is 0 Å². The van der Waals surface area contributed by atoms with Crippen LogP contribution in [0.1, 0.15) is 10.4 Å². The molecule has 7 nitrogen and oxygen atoms in total. The summed E-state index contributed by atoms with van der Waals surface area (Å²) in [4.78, 5) is 27.2. The lowest BCUT2D eigenvalue weighted by Gasteiger charge is -2.10. The highest BCUT2D eigenvalue weighted by Crippen LogP contribution is 2.35. The van der Waals surface area contributed by atoms with E-state index in [0.717, 1.165) is 0 Å². The molecule has 24 heavy (non-hydrogen) atoms. The van der Waals surface area contributed by atoms with Gasteiger partial charge in [0.15, 0.2) is 0 Å². The standard InChI is InChI=1S/C17H12N2O5/c1-23-14-7-3-2-6-12(14)17(20)24-16-13(19(21)22)9-8-11-5-4-10-18-15(11)16/h2-10H,1H3. The van der Waals surface area contributed by atoms with Crippen molar-refractivity contribution in [2.24, 2.45) is 0 Å². The van der Waals surface area contributed by atoms with Gasteiger partial charge in [-0.15, -0.1) is 0 Å². The van der Waals surface area contributed by atoms with Crippen LogP contribution in [0.2, 0.25) is 0 Å². The molecule has 0 spiro atoms. The zero-order valence-electron chi connectivity index (χ0n) is 12.6. The van der Waals surface area contributed by atoms with Crippen LogP contribution in [-0.2, 0) is 0 Å². The smallest absolute Gasteiger partial charge is 0.347 e. The molecule has 120 valence electrons. The van der Waals surface area contributed by atoms with Crippen molar-refractivity contribution in [3.63, 3.8) is 0 Å². The monoisotopic (exact) mass is 324 g/mol. The van der Waals surface area contributed by atoms with E-state index < -0.39 is 10.9 Å². The first-order valence-electron chi connectivity index (χ1n) is 6.99. The summed E-state index contributed by atoms with van der Waals surface area (Å²) in [5, 5.41) is 11.9. The molecule has 0 amide bonds. The predicted molar refractivity (Wildman–Crippen MR) is 86.3 cm³/mol. The number of hydrogen-bond donors (Lipinski definition) is 0. The average Bonchev–Trinajstić information content (AvgIpc) is 2.61. The molecule has 0 fully saturated rings. The molecule has 0 N–H and O–H groups in total. The highest BCUT2D eigenvalue weighted by Gasteiger charge is 2.24. The summed E-state index contributed by atoms with van der Waals surface area (Å²) in [6.07, 6.45) is 1.48. The van der Waals surface area contributed by atoms with Crippen LogP contribution in [0.3, 0.4) is 0 Å². The number of pyridine rings is 1. The van der Waals surface area contributed by atoms with E-state index in [9.17, 15) is 14.9 Å². The van der Waals surface area contributed by atoms with E-state index in [0.29, 0.717) is 11.1 Å². The molecule has 0 aliphatic rings. The summed E-state index contributed by atoms with van der Waals surface area (Å²) in [6.45, 7) is 0. The third-order valence-corrected chi connectivity index (χ3v) is 3.43. The lowest BCUT2D eigenvalue weighted by molar-refractivity contribution is -0.385. The molecule has 0 aliphatic heterocycles. The summed E-state index contributed by atoms with van der Waals surface area (Å²) in [6, 6.07) is 12.7. The number of ether oxygens (including phenoxy) is 2. The summed E-state index contributed by atoms with van der Waals surface area (Å²) in [5.74, 6) is -0.624. The first kappa shape index (κ1) is 15.4. The quantitative estimate of drug-likeness (QED) is 0.316. The molecule has 1 heterocycles. The van der Waals surface area contributed by atoms with Crippen LogP contribution in [0.4, 0.5) is 5.69 Å². The molecule has 2 aromatic carbocycles. The highest BCUT2D eigenvalue weighted by molar-refractivity contribution is 5.97. The number of carbonyl (C=O) groups excluding carboxylic acids is 1. The van der Waals surface area contributed by atoms with E-state index in [-0.39, 0.29) is 22.5 Å². The van der Waals surface area contributed by atoms with E-state index in [1.165, 1.54) is 25.4 Å². The molecule has 1 aromatic heterocycles. The van der Waals surface area contributed by atoms with Crippen LogP contribution in [0.5, 0.6) is 11.5 Å². The Bertz CT molecular complexity index is 939. The Morgan fingerprint density at radius 3 is 2.67 bits per heavy atom. The van der Waals surface area contributed by atoms with Crippen LogP contribution in [0.15, 0.2) is 54.7 Å². The molecule has 0 saturated carbocycles. The average molecular weight is 324 g/mol. The van der Waals surface area contributed by atoms with Crippen molar-refractivity contribution >= 4 is 22.6 Å². The van der Waals surface area contributed by atoms with Crippen LogP contribution in [0.25, 0.3) is 10.9 Å². The summed E-state index contributed by atoms with van der Waals surface area (Å²) in [5.41, 5.74) is 0.0848. The lowest BCUT2D eigenvalue weighted by Crippen LogP contribution is -2.11. The van der Waals surface area contributed by atoms with Gasteiger partial charge in [-0.2, -0.15) is 0 Å². The van der Waals surface area contributed by atoms with E-state index in [2.05, 4.69) is 4.98 Å². The molecule has 0 radical (unpaired) electrons. The number of fused-ring (bicyclic) bond motifs is 1. The van der Waals surface area contributed by atoms with Crippen molar-refractivity contribution < 1.29 is 19.2 Å². The zero-order chi connectivity index (χ0) is 17.1. The van der Waals surface area contributed by atoms with Gasteiger partial charge in [-0.05, 0) is 24.3 Å². The number of benzene rings is 2. The number of nitro groups is 1. The minimum absolute atomic E-state index is 0.169. The molecule has 7 heteroatoms. The van der Waals surface area contributed by atoms with Crippen molar-refractivity contribution in [1.82, 2.24) is 4.98 Å². The molecule has 0 bridgehead atoms. The Hall–Kier alpha value is -3.48. The van der Waals surface area contributed by atoms with E-state index in [1.807, 2.05) is 0 Å². The van der Waals surface area contributed by atoms with Gasteiger partial charge in [-0.1, -0.05) is 18.2 Å². The number of rotatable bonds is 4. The van der Waals surface area contributed by atoms with E-state index in [4.69, 9.17) is 9.47 Å². The second-order valence-corrected chi connectivity index (χ2v) is 4.84. The Labute approximate surface area is 136 Å². The fourth-order valence-corrected chi connectivity index (χ4v) is 2.31. The third kappa shape index (κ3) is 2.74. The molecule has 0 saturated heterocycles. The van der Waals surface area contributed by atoms with Gasteiger partial charge in [0, 0.05) is 17.6 Å². The fourth-order valence-electron chi connectivity index (χ4n) is 2.31. The Morgan fingerprint density at radius 2 is 1.92 bits per heavy atom. The number of aromatic nitrogens is 1. The summed E-state index contributed by atoms with van der Waals surface area (Å²) < 4.78 is 10.4. The van der Waals surface area contributed by atoms with Crippen molar-refractivity contribution in [2.45, 2.75) is 0 Å². The van der Waals surface area contributed by atoms with Crippen molar-refractivity contribution in [1.29, 1.82) is 0 Å². The highest BCUT2D eigenvalue weighted by atomic mass is 16.6. The summed E-state index contributed by atoms with van der Waals surface area (Å²) in [7, 11) is 1.42. The number of carbonyl (C=O) groups is 1. The van der Waals surface area contributed by atoms with Crippen molar-refractivity contribution in [2.75, 3.05) is 7.11 Å². The Kier molecular flexibility index (Phi) is 4.07. The van der Waals surface area contributed by atoms with Gasteiger partial charge in [-0.3, -0.25) is 15.1 Å². The molecular weight excluding hydrogens is 312 g/mol. The Morgan fingerprint density at radius 1 is 1.12 bits per heavy atom. The van der Waals surface area contributed by atoms with Crippen LogP contribution in [0, 0.1) is 10.1 Å². The van der Waals surface area contributed by atoms with Gasteiger partial charge in [-0.25, -0.2) is 4.79 Å². The maximum Gasteiger partial charge on any atom is 0.347 e. The van der Waals surface area contributed by atoms with Gasteiger partial charge in [0.1, 0.15) is 16.8 Å². The number of nitrogens with zero attached hydrogens (tertiary/aromatic N) is 2. The van der Waals surface area contributed by atoms with Gasteiger partial charge < -0.3 is 9.47 Å². The first-order valence-corrected chi connectivity index (χ1v) is 6.99. The van der Waals surface area contributed by atoms with E-state index in [1.54, 1.807) is 36.4 Å². The van der Waals surface area contributed by atoms with E-state index >= 15 is 0 Å². The lowest BCUT2D eigenvalue weighted by atomic mass is 10.1. The largest absolute Gasteiger partial charge is 0.496 e. The molecular formula is C17H12N2O5. The second kappa shape index (κ2) is 6.33. The maximum atomic E-state index is 12.5. The number of para-hydroxylation sites is 1. The molecule has 3 rings (SSSR count). The molecule has 0 unspecified atom stereocenters. The van der Waals surface area contributed by atoms with Crippen molar-refractivity contribution in [3.05, 3.63) is 70.4 Å². The minimum atomic E-state index is -0.756. The first-order chi connectivity index (χ1) is 11.6. The second-order valence-electron chi connectivity index (χ2n) is 4.84. The molecule has 0 aliphatic carbocycles. The topological polar surface area (TPSA) is 91.6 Å². The third-order valence-electron chi connectivity index (χ3n) is 3.43. The predicted octanol–water partition coefficient (Wildman–Crippen LogP) is 3.37. The maximum absolute atomic E-state index is 12.5. The van der Waals surface area contributed by atoms with Crippen LogP contribution < -0.4 is 9.47 Å². The summed E-state index contributed by atoms with van der Waals surface area (Å²) >= 11 is 0. The van der Waals surface area contributed by atoms with Crippen molar-refractivity contribution in [3.8, 4) is 11.5 Å². The molecule has 3 aromatic rings. The zero-order valence-corrected chi connectivity index (χ0v) is 12.6. The molecule has 0 atom stereocenters. The number of methoxy groups -OCH3 is 1.